The summed E-state index contributed by atoms with van der Waals surface area (Å²) in [5.41, 5.74) is 11.5. The molecule has 0 aliphatic heterocycles. The number of benzene rings is 7. The highest BCUT2D eigenvalue weighted by Crippen LogP contribution is 2.42. The third-order valence-electron chi connectivity index (χ3n) is 10.4. The molecule has 4 heterocycles. The van der Waals surface area contributed by atoms with E-state index in [-0.39, 0.29) is 0 Å². The molecule has 6 heteroatoms. The van der Waals surface area contributed by atoms with Gasteiger partial charge in [0.15, 0.2) is 17.5 Å². The Kier molecular flexibility index (Phi) is 7.38. The van der Waals surface area contributed by atoms with Gasteiger partial charge in [-0.2, -0.15) is 0 Å². The van der Waals surface area contributed by atoms with Crippen LogP contribution in [0.3, 0.4) is 0 Å². The summed E-state index contributed by atoms with van der Waals surface area (Å²) in [7, 11) is 0. The molecule has 0 atom stereocenters. The highest BCUT2D eigenvalue weighted by Gasteiger charge is 2.19. The molecule has 0 spiro atoms. The first-order valence-electron chi connectivity index (χ1n) is 18.6. The average molecular weight is 718 g/mol. The molecule has 0 bridgehead atoms. The second-order valence-corrected chi connectivity index (χ2v) is 13.9. The van der Waals surface area contributed by atoms with Gasteiger partial charge in [-0.3, -0.25) is 0 Å². The van der Waals surface area contributed by atoms with Crippen LogP contribution in [0.4, 0.5) is 0 Å². The standard InChI is InChI=1S/C50H31N5O/c1-4-15-32(16-5-1)48-52-49(33-17-6-2-7-18-33)54-50(53-48)42-24-14-23-41(51-42)35-30-39(47-38-22-11-13-26-45(38)56-46(47)31-35)34-27-28-44-40(29-34)37-21-10-12-25-43(37)55(44)36-19-8-3-9-20-36/h1-31H. The molecule has 0 saturated carbocycles. The summed E-state index contributed by atoms with van der Waals surface area (Å²) in [6.07, 6.45) is 0. The molecular weight excluding hydrogens is 687 g/mol. The number of aromatic nitrogens is 5. The molecule has 6 nitrogen and oxygen atoms in total. The van der Waals surface area contributed by atoms with Gasteiger partial charge in [0, 0.05) is 43.9 Å². The lowest BCUT2D eigenvalue weighted by Crippen LogP contribution is -2.01. The lowest BCUT2D eigenvalue weighted by atomic mass is 9.95. The zero-order valence-corrected chi connectivity index (χ0v) is 30.0. The van der Waals surface area contributed by atoms with Crippen LogP contribution in [0.1, 0.15) is 0 Å². The molecule has 0 N–H and O–H groups in total. The van der Waals surface area contributed by atoms with Crippen molar-refractivity contribution in [1.29, 1.82) is 0 Å². The summed E-state index contributed by atoms with van der Waals surface area (Å²) in [5, 5.41) is 4.54. The number of hydrogen-bond acceptors (Lipinski definition) is 5. The van der Waals surface area contributed by atoms with Gasteiger partial charge in [0.2, 0.25) is 0 Å². The molecule has 0 radical (unpaired) electrons. The first-order chi connectivity index (χ1) is 27.7. The molecule has 7 aromatic carbocycles. The number of nitrogens with zero attached hydrogens (tertiary/aromatic N) is 5. The van der Waals surface area contributed by atoms with Gasteiger partial charge >= 0.3 is 0 Å². The Bertz CT molecular complexity index is 3190. The van der Waals surface area contributed by atoms with Crippen LogP contribution in [0, 0.1) is 0 Å². The third-order valence-corrected chi connectivity index (χ3v) is 10.4. The van der Waals surface area contributed by atoms with Crippen LogP contribution in [-0.4, -0.2) is 24.5 Å². The zero-order valence-electron chi connectivity index (χ0n) is 30.0. The van der Waals surface area contributed by atoms with E-state index in [1.807, 2.05) is 91.0 Å². The SMILES string of the molecule is c1ccc(-c2nc(-c3ccccc3)nc(-c3cccc(-c4cc(-c5ccc6c(c5)c5ccccc5n6-c5ccccc5)c5c(c4)oc4ccccc45)n3)n2)cc1. The molecule has 0 fully saturated rings. The Morgan fingerprint density at radius 1 is 0.357 bits per heavy atom. The molecule has 0 aliphatic rings. The maximum atomic E-state index is 6.58. The lowest BCUT2D eigenvalue weighted by molar-refractivity contribution is 0.669. The van der Waals surface area contributed by atoms with Crippen molar-refractivity contribution in [3.63, 3.8) is 0 Å². The van der Waals surface area contributed by atoms with Gasteiger partial charge in [0.1, 0.15) is 16.9 Å². The van der Waals surface area contributed by atoms with E-state index in [0.29, 0.717) is 23.2 Å². The fraction of sp³-hybridized carbons (Fsp3) is 0. The molecule has 0 saturated heterocycles. The zero-order chi connectivity index (χ0) is 37.0. The van der Waals surface area contributed by atoms with Crippen molar-refractivity contribution >= 4 is 43.7 Å². The van der Waals surface area contributed by atoms with E-state index in [2.05, 4.69) is 102 Å². The summed E-state index contributed by atoms with van der Waals surface area (Å²) in [4.78, 5) is 20.0. The van der Waals surface area contributed by atoms with Crippen molar-refractivity contribution in [3.05, 3.63) is 188 Å². The Balaban J connectivity index is 1.10. The quantitative estimate of drug-likeness (QED) is 0.171. The van der Waals surface area contributed by atoms with Crippen LogP contribution in [0.25, 0.3) is 106 Å². The normalized spacial score (nSPS) is 11.6. The van der Waals surface area contributed by atoms with Gasteiger partial charge in [0.25, 0.3) is 0 Å². The van der Waals surface area contributed by atoms with Crippen molar-refractivity contribution in [2.24, 2.45) is 0 Å². The first kappa shape index (κ1) is 31.8. The number of furan rings is 1. The molecule has 11 aromatic rings. The molecule has 11 rings (SSSR count). The van der Waals surface area contributed by atoms with E-state index in [4.69, 9.17) is 24.4 Å². The van der Waals surface area contributed by atoms with Crippen molar-refractivity contribution in [2.45, 2.75) is 0 Å². The molecule has 262 valence electrons. The predicted octanol–water partition coefficient (Wildman–Crippen LogP) is 12.6. The Morgan fingerprint density at radius 3 is 1.71 bits per heavy atom. The summed E-state index contributed by atoms with van der Waals surface area (Å²) in [5.74, 6) is 1.69. The number of fused-ring (bicyclic) bond motifs is 6. The Hall–Kier alpha value is -7.70. The topological polar surface area (TPSA) is 69.6 Å². The monoisotopic (exact) mass is 717 g/mol. The van der Waals surface area contributed by atoms with Gasteiger partial charge < -0.3 is 8.98 Å². The molecule has 0 unspecified atom stereocenters. The van der Waals surface area contributed by atoms with E-state index >= 15 is 0 Å². The van der Waals surface area contributed by atoms with E-state index in [0.717, 1.165) is 66.7 Å². The van der Waals surface area contributed by atoms with Crippen LogP contribution >= 0.6 is 0 Å². The second-order valence-electron chi connectivity index (χ2n) is 13.9. The first-order valence-corrected chi connectivity index (χ1v) is 18.6. The van der Waals surface area contributed by atoms with Gasteiger partial charge in [-0.15, -0.1) is 0 Å². The van der Waals surface area contributed by atoms with E-state index in [1.54, 1.807) is 0 Å². The van der Waals surface area contributed by atoms with Crippen LogP contribution in [0.2, 0.25) is 0 Å². The number of para-hydroxylation sites is 3. The van der Waals surface area contributed by atoms with Crippen LogP contribution in [0.5, 0.6) is 0 Å². The van der Waals surface area contributed by atoms with Gasteiger partial charge in [0.05, 0.1) is 16.7 Å². The summed E-state index contributed by atoms with van der Waals surface area (Å²) in [6, 6.07) is 64.6. The maximum Gasteiger partial charge on any atom is 0.182 e. The predicted molar refractivity (Wildman–Crippen MR) is 226 cm³/mol. The third kappa shape index (κ3) is 5.35. The van der Waals surface area contributed by atoms with E-state index in [1.165, 1.54) is 16.3 Å². The Labute approximate surface area is 322 Å². The van der Waals surface area contributed by atoms with Crippen LogP contribution in [-0.2, 0) is 0 Å². The number of hydrogen-bond donors (Lipinski definition) is 0. The average Bonchev–Trinajstić information content (AvgIpc) is 3.82. The fourth-order valence-electron chi connectivity index (χ4n) is 7.87. The van der Waals surface area contributed by atoms with Gasteiger partial charge in [-0.25, -0.2) is 19.9 Å². The maximum absolute atomic E-state index is 6.58. The smallest absolute Gasteiger partial charge is 0.182 e. The van der Waals surface area contributed by atoms with Crippen molar-refractivity contribution in [3.8, 4) is 62.4 Å². The minimum atomic E-state index is 0.504. The molecule has 0 amide bonds. The molecular formula is C50H31N5O. The second kappa shape index (κ2) is 13.0. The Morgan fingerprint density at radius 2 is 0.964 bits per heavy atom. The summed E-state index contributed by atoms with van der Waals surface area (Å²) < 4.78 is 8.92. The highest BCUT2D eigenvalue weighted by atomic mass is 16.3. The number of rotatable bonds is 6. The lowest BCUT2D eigenvalue weighted by Gasteiger charge is -2.11. The fourth-order valence-corrected chi connectivity index (χ4v) is 7.87. The van der Waals surface area contributed by atoms with E-state index < -0.39 is 0 Å². The van der Waals surface area contributed by atoms with E-state index in [9.17, 15) is 0 Å². The van der Waals surface area contributed by atoms with Gasteiger partial charge in [-0.05, 0) is 71.8 Å². The molecule has 56 heavy (non-hydrogen) atoms. The largest absolute Gasteiger partial charge is 0.456 e. The highest BCUT2D eigenvalue weighted by molar-refractivity contribution is 6.16. The summed E-state index contributed by atoms with van der Waals surface area (Å²) in [6.45, 7) is 0. The molecule has 4 aromatic heterocycles. The molecule has 0 aliphatic carbocycles. The van der Waals surface area contributed by atoms with Crippen molar-refractivity contribution in [2.75, 3.05) is 0 Å². The minimum Gasteiger partial charge on any atom is -0.456 e. The van der Waals surface area contributed by atoms with Crippen molar-refractivity contribution in [1.82, 2.24) is 24.5 Å². The van der Waals surface area contributed by atoms with Gasteiger partial charge in [-0.1, -0.05) is 127 Å². The van der Waals surface area contributed by atoms with Crippen LogP contribution < -0.4 is 0 Å². The van der Waals surface area contributed by atoms with Crippen molar-refractivity contribution < 1.29 is 4.42 Å². The minimum absolute atomic E-state index is 0.504. The number of pyridine rings is 1. The van der Waals surface area contributed by atoms with Crippen LogP contribution in [0.15, 0.2) is 192 Å². The summed E-state index contributed by atoms with van der Waals surface area (Å²) >= 11 is 0.